The van der Waals surface area contributed by atoms with E-state index in [4.69, 9.17) is 23.7 Å². The first-order valence-corrected chi connectivity index (χ1v) is 15.0. The van der Waals surface area contributed by atoms with Crippen LogP contribution in [-0.4, -0.2) is 103 Å². The summed E-state index contributed by atoms with van der Waals surface area (Å²) < 4.78 is 28.6. The van der Waals surface area contributed by atoms with Gasteiger partial charge in [-0.1, -0.05) is 0 Å². The Kier molecular flexibility index (Phi) is 9.36. The highest BCUT2D eigenvalue weighted by atomic mass is 16.7. The summed E-state index contributed by atoms with van der Waals surface area (Å²) in [6.45, 7) is 6.28. The van der Waals surface area contributed by atoms with Crippen molar-refractivity contribution in [3.8, 4) is 11.5 Å². The van der Waals surface area contributed by atoms with Crippen LogP contribution < -0.4 is 14.8 Å². The van der Waals surface area contributed by atoms with Gasteiger partial charge >= 0.3 is 5.97 Å². The minimum Gasteiger partial charge on any atom is -0.497 e. The lowest BCUT2D eigenvalue weighted by atomic mass is 9.86. The molecule has 5 rings (SSSR count). The van der Waals surface area contributed by atoms with Gasteiger partial charge in [0.25, 0.3) is 0 Å². The molecule has 3 aliphatic heterocycles. The van der Waals surface area contributed by atoms with Crippen molar-refractivity contribution < 1.29 is 43.8 Å². The fraction of sp³-hybridized carbons (Fsp3) is 0.710. The minimum atomic E-state index is -1.98. The number of aliphatic hydroxyl groups is 3. The number of fused-ring (bicyclic) bond motifs is 3. The molecule has 0 radical (unpaired) electrons. The molecule has 4 aliphatic rings. The first-order valence-electron chi connectivity index (χ1n) is 15.0. The molecule has 3 heterocycles. The molecule has 4 N–H and O–H groups in total. The smallest absolute Gasteiger partial charge is 0.339 e. The minimum absolute atomic E-state index is 0.00990. The number of carbonyl (C=O) groups is 1. The molecule has 234 valence electrons. The second-order valence-electron chi connectivity index (χ2n) is 12.5. The highest BCUT2D eigenvalue weighted by Gasteiger charge is 2.54. The van der Waals surface area contributed by atoms with Crippen LogP contribution in [0.3, 0.4) is 0 Å². The zero-order chi connectivity index (χ0) is 30.1. The number of nitrogens with zero attached hydrogens (tertiary/aromatic N) is 1. The SMILES string of the molecule is COCCCNC(O)C[C@](O)(CCCC(C)(C)O)C(=O)O[C@@H]1C(OC)=C2CCN3CCc4cc5c(cc4[C@H]1[C@@H]23)OCO5. The van der Waals surface area contributed by atoms with Gasteiger partial charge in [-0.05, 0) is 87.7 Å². The number of aliphatic hydroxyl groups excluding tert-OH is 1. The van der Waals surface area contributed by atoms with Gasteiger partial charge in [-0.2, -0.15) is 0 Å². The van der Waals surface area contributed by atoms with Gasteiger partial charge in [-0.3, -0.25) is 10.2 Å². The van der Waals surface area contributed by atoms with Gasteiger partial charge in [0, 0.05) is 45.2 Å². The molecule has 42 heavy (non-hydrogen) atoms. The lowest BCUT2D eigenvalue weighted by Gasteiger charge is -2.34. The van der Waals surface area contributed by atoms with Gasteiger partial charge in [-0.15, -0.1) is 0 Å². The summed E-state index contributed by atoms with van der Waals surface area (Å²) in [7, 11) is 3.20. The number of nitrogens with one attached hydrogen (secondary N) is 1. The molecule has 0 spiro atoms. The van der Waals surface area contributed by atoms with Crippen molar-refractivity contribution in [2.45, 2.75) is 94.3 Å². The van der Waals surface area contributed by atoms with E-state index in [-0.39, 0.29) is 31.6 Å². The summed E-state index contributed by atoms with van der Waals surface area (Å²) in [5, 5.41) is 35.7. The number of hydrogen-bond acceptors (Lipinski definition) is 11. The second-order valence-corrected chi connectivity index (χ2v) is 12.5. The van der Waals surface area contributed by atoms with Crippen LogP contribution in [0.4, 0.5) is 0 Å². The standard InChI is InChI=1S/C31H46N2O9/c1-30(2,36)9-5-10-31(37,17-24(34)32-11-6-14-38-3)29(35)42-28-25-21-16-23-22(40-18-41-23)15-19(21)7-12-33-13-8-20(26(25)33)27(28)39-4/h15-16,24-26,28,32,34,36-37H,5-14,17-18H2,1-4H3/t24?,25-,26+,28-,31+/m0/s1. The van der Waals surface area contributed by atoms with Crippen molar-refractivity contribution in [1.82, 2.24) is 10.2 Å². The molecule has 0 saturated carbocycles. The lowest BCUT2D eigenvalue weighted by molar-refractivity contribution is -0.177. The van der Waals surface area contributed by atoms with Crippen LogP contribution in [0.1, 0.15) is 69.4 Å². The van der Waals surface area contributed by atoms with Crippen molar-refractivity contribution in [3.05, 3.63) is 34.6 Å². The topological polar surface area (TPSA) is 139 Å². The average Bonchev–Trinajstić information content (AvgIpc) is 3.60. The third-order valence-corrected chi connectivity index (χ3v) is 8.97. The second kappa shape index (κ2) is 12.7. The molecule has 1 aliphatic carbocycles. The fourth-order valence-corrected chi connectivity index (χ4v) is 6.95. The Morgan fingerprint density at radius 2 is 1.86 bits per heavy atom. The van der Waals surface area contributed by atoms with Gasteiger partial charge in [-0.25, -0.2) is 4.79 Å². The molecule has 1 aromatic carbocycles. The van der Waals surface area contributed by atoms with Crippen molar-refractivity contribution in [2.75, 3.05) is 47.3 Å². The van der Waals surface area contributed by atoms with E-state index in [1.165, 1.54) is 0 Å². The Bertz CT molecular complexity index is 1170. The molecule has 0 bridgehead atoms. The largest absolute Gasteiger partial charge is 0.497 e. The zero-order valence-electron chi connectivity index (χ0n) is 25.2. The number of benzene rings is 1. The fourth-order valence-electron chi connectivity index (χ4n) is 6.95. The lowest BCUT2D eigenvalue weighted by Crippen LogP contribution is -2.49. The van der Waals surface area contributed by atoms with Gasteiger partial charge in [0.2, 0.25) is 6.79 Å². The number of methoxy groups -OCH3 is 2. The number of rotatable bonds is 14. The van der Waals surface area contributed by atoms with Gasteiger partial charge < -0.3 is 39.0 Å². The highest BCUT2D eigenvalue weighted by Crippen LogP contribution is 2.52. The predicted octanol–water partition coefficient (Wildman–Crippen LogP) is 1.96. The van der Waals surface area contributed by atoms with Gasteiger partial charge in [0.1, 0.15) is 12.0 Å². The summed E-state index contributed by atoms with van der Waals surface area (Å²) in [5.41, 5.74) is 0.324. The summed E-state index contributed by atoms with van der Waals surface area (Å²) in [5.74, 6) is 0.961. The number of ether oxygens (including phenoxy) is 5. The number of carbonyl (C=O) groups excluding carboxylic acids is 1. The highest BCUT2D eigenvalue weighted by molar-refractivity contribution is 5.80. The summed E-state index contributed by atoms with van der Waals surface area (Å²) in [6, 6.07) is 4.04. The third-order valence-electron chi connectivity index (χ3n) is 8.97. The normalized spacial score (nSPS) is 25.1. The van der Waals surface area contributed by atoms with Crippen LogP contribution >= 0.6 is 0 Å². The molecule has 11 heteroatoms. The molecule has 1 fully saturated rings. The Morgan fingerprint density at radius 1 is 1.12 bits per heavy atom. The van der Waals surface area contributed by atoms with E-state index in [0.29, 0.717) is 43.9 Å². The maximum atomic E-state index is 14.0. The molecule has 0 amide bonds. The average molecular weight is 591 g/mol. The van der Waals surface area contributed by atoms with Crippen LogP contribution in [0.2, 0.25) is 0 Å². The molecule has 0 aromatic heterocycles. The van der Waals surface area contributed by atoms with Crippen LogP contribution in [0.25, 0.3) is 0 Å². The summed E-state index contributed by atoms with van der Waals surface area (Å²) >= 11 is 0. The maximum Gasteiger partial charge on any atom is 0.339 e. The third kappa shape index (κ3) is 6.41. The predicted molar refractivity (Wildman–Crippen MR) is 153 cm³/mol. The molecule has 5 atom stereocenters. The van der Waals surface area contributed by atoms with Crippen LogP contribution in [0, 0.1) is 0 Å². The van der Waals surface area contributed by atoms with E-state index in [2.05, 4.69) is 10.2 Å². The Hall–Kier alpha value is -2.41. The molecule has 1 unspecified atom stereocenters. The van der Waals surface area contributed by atoms with Crippen LogP contribution in [0.5, 0.6) is 11.5 Å². The van der Waals surface area contributed by atoms with Crippen LogP contribution in [0.15, 0.2) is 23.5 Å². The molecular formula is C31H46N2O9. The van der Waals surface area contributed by atoms with Gasteiger partial charge in [0.15, 0.2) is 23.2 Å². The summed E-state index contributed by atoms with van der Waals surface area (Å²) in [6.07, 6.45) is 0.917. The zero-order valence-corrected chi connectivity index (χ0v) is 25.2. The van der Waals surface area contributed by atoms with Crippen molar-refractivity contribution in [1.29, 1.82) is 0 Å². The number of esters is 1. The quantitative estimate of drug-likeness (QED) is 0.144. The van der Waals surface area contributed by atoms with Crippen molar-refractivity contribution >= 4 is 5.97 Å². The van der Waals surface area contributed by atoms with Crippen LogP contribution in [-0.2, 0) is 25.4 Å². The van der Waals surface area contributed by atoms with E-state index < -0.39 is 29.5 Å². The Morgan fingerprint density at radius 3 is 2.57 bits per heavy atom. The van der Waals surface area contributed by atoms with E-state index >= 15 is 0 Å². The summed E-state index contributed by atoms with van der Waals surface area (Å²) in [4.78, 5) is 16.4. The Labute approximate surface area is 247 Å². The molecular weight excluding hydrogens is 544 g/mol. The van der Waals surface area contributed by atoms with E-state index in [1.807, 2.05) is 12.1 Å². The maximum absolute atomic E-state index is 14.0. The molecule has 11 nitrogen and oxygen atoms in total. The molecule has 1 saturated heterocycles. The Balaban J connectivity index is 1.42. The van der Waals surface area contributed by atoms with E-state index in [1.54, 1.807) is 28.1 Å². The monoisotopic (exact) mass is 590 g/mol. The van der Waals surface area contributed by atoms with Crippen molar-refractivity contribution in [3.63, 3.8) is 0 Å². The van der Waals surface area contributed by atoms with E-state index in [0.717, 1.165) is 48.4 Å². The first-order chi connectivity index (χ1) is 20.0. The first kappa shape index (κ1) is 31.0. The van der Waals surface area contributed by atoms with E-state index in [9.17, 15) is 20.1 Å². The number of hydrogen-bond donors (Lipinski definition) is 4. The van der Waals surface area contributed by atoms with Gasteiger partial charge in [0.05, 0.1) is 12.7 Å². The molecule has 1 aromatic rings. The van der Waals surface area contributed by atoms with Crippen molar-refractivity contribution in [2.24, 2.45) is 0 Å².